The Balaban J connectivity index is 0.00000208. The number of nitrogens with one attached hydrogen (secondary N) is 2. The van der Waals surface area contributed by atoms with Crippen molar-refractivity contribution in [3.63, 3.8) is 0 Å². The first-order valence-corrected chi connectivity index (χ1v) is 8.69. The first kappa shape index (κ1) is 19.4. The number of fused-ring (bicyclic) bond motifs is 1. The van der Waals surface area contributed by atoms with E-state index in [0.717, 1.165) is 44.1 Å². The molecule has 1 aromatic rings. The number of aliphatic hydroxyl groups excluding tert-OH is 1. The summed E-state index contributed by atoms with van der Waals surface area (Å²) >= 11 is 0. The smallest absolute Gasteiger partial charge is 0.191 e. The Morgan fingerprint density at radius 3 is 2.96 bits per heavy atom. The summed E-state index contributed by atoms with van der Waals surface area (Å²) in [5, 5.41) is 20.6. The van der Waals surface area contributed by atoms with Gasteiger partial charge in [0.15, 0.2) is 5.96 Å². The Morgan fingerprint density at radius 1 is 1.46 bits per heavy atom. The number of nitrogens with zero attached hydrogens (tertiary/aromatic N) is 4. The van der Waals surface area contributed by atoms with Gasteiger partial charge in [-0.2, -0.15) is 5.10 Å². The van der Waals surface area contributed by atoms with E-state index in [1.165, 1.54) is 25.7 Å². The molecule has 0 aromatic carbocycles. The van der Waals surface area contributed by atoms with E-state index in [0.29, 0.717) is 6.04 Å². The monoisotopic (exact) mass is 448 g/mol. The van der Waals surface area contributed by atoms with Gasteiger partial charge < -0.3 is 15.7 Å². The molecular formula is C16H29IN6O. The number of aliphatic hydroxyl groups is 1. The Bertz CT molecular complexity index is 540. The van der Waals surface area contributed by atoms with Gasteiger partial charge in [0.05, 0.1) is 6.54 Å². The number of guanidine groups is 1. The number of halogens is 1. The lowest BCUT2D eigenvalue weighted by molar-refractivity contribution is 0.185. The fraction of sp³-hybridized carbons (Fsp3) is 0.812. The van der Waals surface area contributed by atoms with Crippen LogP contribution in [0.1, 0.15) is 44.3 Å². The summed E-state index contributed by atoms with van der Waals surface area (Å²) in [6.45, 7) is 1.98. The lowest BCUT2D eigenvalue weighted by Crippen LogP contribution is -2.49. The average molecular weight is 448 g/mol. The van der Waals surface area contributed by atoms with Crippen molar-refractivity contribution in [3.8, 4) is 0 Å². The van der Waals surface area contributed by atoms with E-state index >= 15 is 0 Å². The molecule has 0 amide bonds. The summed E-state index contributed by atoms with van der Waals surface area (Å²) in [5.41, 5.74) is 0.234. The van der Waals surface area contributed by atoms with E-state index in [1.54, 1.807) is 6.33 Å². The normalized spacial score (nSPS) is 22.6. The molecule has 1 unspecified atom stereocenters. The number of rotatable bonds is 5. The number of aliphatic imine (C=N–C) groups is 1. The molecule has 1 aromatic heterocycles. The van der Waals surface area contributed by atoms with Gasteiger partial charge in [0.25, 0.3) is 0 Å². The Kier molecular flexibility index (Phi) is 7.27. The summed E-state index contributed by atoms with van der Waals surface area (Å²) < 4.78 is 1.97. The minimum atomic E-state index is 0. The van der Waals surface area contributed by atoms with Gasteiger partial charge in [-0.25, -0.2) is 9.67 Å². The number of aromatic nitrogens is 3. The third-order valence-corrected chi connectivity index (χ3v) is 5.31. The molecule has 1 aliphatic carbocycles. The van der Waals surface area contributed by atoms with E-state index in [2.05, 4.69) is 25.7 Å². The van der Waals surface area contributed by atoms with Gasteiger partial charge >= 0.3 is 0 Å². The summed E-state index contributed by atoms with van der Waals surface area (Å²) in [4.78, 5) is 8.63. The summed E-state index contributed by atoms with van der Waals surface area (Å²) in [7, 11) is 1.81. The first-order chi connectivity index (χ1) is 11.2. The van der Waals surface area contributed by atoms with Crippen molar-refractivity contribution >= 4 is 29.9 Å². The van der Waals surface area contributed by atoms with Gasteiger partial charge in [0.1, 0.15) is 12.2 Å². The summed E-state index contributed by atoms with van der Waals surface area (Å²) in [6, 6.07) is 0.327. The Hall–Kier alpha value is -0.900. The minimum Gasteiger partial charge on any atom is -0.396 e. The van der Waals surface area contributed by atoms with Crippen LogP contribution in [0.15, 0.2) is 11.3 Å². The van der Waals surface area contributed by atoms with Crippen LogP contribution >= 0.6 is 24.0 Å². The largest absolute Gasteiger partial charge is 0.396 e. The molecule has 3 N–H and O–H groups in total. The zero-order valence-electron chi connectivity index (χ0n) is 14.4. The highest BCUT2D eigenvalue weighted by Crippen LogP contribution is 2.40. The van der Waals surface area contributed by atoms with Crippen molar-refractivity contribution in [2.24, 2.45) is 10.4 Å². The second kappa shape index (κ2) is 8.98. The molecule has 1 saturated carbocycles. The molecule has 2 heterocycles. The maximum atomic E-state index is 9.36. The van der Waals surface area contributed by atoms with Gasteiger partial charge in [0.2, 0.25) is 0 Å². The van der Waals surface area contributed by atoms with Crippen molar-refractivity contribution in [2.45, 2.75) is 57.5 Å². The Labute approximate surface area is 160 Å². The number of hydrogen-bond donors (Lipinski definition) is 3. The highest BCUT2D eigenvalue weighted by Gasteiger charge is 2.33. The van der Waals surface area contributed by atoms with Crippen molar-refractivity contribution in [1.29, 1.82) is 0 Å². The van der Waals surface area contributed by atoms with Crippen molar-refractivity contribution < 1.29 is 5.11 Å². The minimum absolute atomic E-state index is 0. The van der Waals surface area contributed by atoms with Crippen LogP contribution in [0.25, 0.3) is 0 Å². The first-order valence-electron chi connectivity index (χ1n) is 8.69. The predicted molar refractivity (Wildman–Crippen MR) is 105 cm³/mol. The number of hydrogen-bond acceptors (Lipinski definition) is 4. The second-order valence-corrected chi connectivity index (χ2v) is 6.84. The van der Waals surface area contributed by atoms with E-state index in [-0.39, 0.29) is 36.0 Å². The Morgan fingerprint density at radius 2 is 2.25 bits per heavy atom. The van der Waals surface area contributed by atoms with Crippen molar-refractivity contribution in [3.05, 3.63) is 12.2 Å². The van der Waals surface area contributed by atoms with Gasteiger partial charge in [0, 0.05) is 32.7 Å². The van der Waals surface area contributed by atoms with Crippen LogP contribution in [0.2, 0.25) is 0 Å². The molecule has 8 heteroatoms. The van der Waals surface area contributed by atoms with Crippen LogP contribution in [0.3, 0.4) is 0 Å². The summed E-state index contributed by atoms with van der Waals surface area (Å²) in [6.07, 6.45) is 9.43. The molecule has 3 rings (SSSR count). The topological polar surface area (TPSA) is 87.4 Å². The van der Waals surface area contributed by atoms with Crippen LogP contribution < -0.4 is 10.6 Å². The zero-order chi connectivity index (χ0) is 16.1. The molecular weight excluding hydrogens is 419 g/mol. The fourth-order valence-corrected chi connectivity index (χ4v) is 3.89. The van der Waals surface area contributed by atoms with E-state index in [4.69, 9.17) is 0 Å². The summed E-state index contributed by atoms with van der Waals surface area (Å²) in [5.74, 6) is 1.92. The molecule has 0 radical (unpaired) electrons. The maximum Gasteiger partial charge on any atom is 0.191 e. The molecule has 1 fully saturated rings. The zero-order valence-corrected chi connectivity index (χ0v) is 16.7. The molecule has 2 aliphatic rings. The van der Waals surface area contributed by atoms with Gasteiger partial charge in [-0.3, -0.25) is 4.99 Å². The van der Waals surface area contributed by atoms with Crippen molar-refractivity contribution in [2.75, 3.05) is 20.2 Å². The average Bonchev–Trinajstić information content (AvgIpc) is 3.21. The third-order valence-electron chi connectivity index (χ3n) is 5.31. The van der Waals surface area contributed by atoms with Crippen LogP contribution in [0.4, 0.5) is 0 Å². The van der Waals surface area contributed by atoms with Crippen LogP contribution in [0.5, 0.6) is 0 Å². The van der Waals surface area contributed by atoms with E-state index < -0.39 is 0 Å². The molecule has 7 nitrogen and oxygen atoms in total. The molecule has 1 atom stereocenters. The lowest BCUT2D eigenvalue weighted by Gasteiger charge is -2.31. The van der Waals surface area contributed by atoms with Crippen LogP contribution in [-0.4, -0.2) is 52.1 Å². The maximum absolute atomic E-state index is 9.36. The lowest BCUT2D eigenvalue weighted by atomic mass is 9.83. The fourth-order valence-electron chi connectivity index (χ4n) is 3.89. The highest BCUT2D eigenvalue weighted by molar-refractivity contribution is 14.0. The van der Waals surface area contributed by atoms with Gasteiger partial charge in [-0.1, -0.05) is 12.8 Å². The quantitative estimate of drug-likeness (QED) is 0.360. The molecule has 1 aliphatic heterocycles. The second-order valence-electron chi connectivity index (χ2n) is 6.84. The molecule has 136 valence electrons. The predicted octanol–water partition coefficient (Wildman–Crippen LogP) is 1.32. The number of aryl methyl sites for hydroxylation is 1. The highest BCUT2D eigenvalue weighted by atomic mass is 127. The van der Waals surface area contributed by atoms with Gasteiger partial charge in [-0.05, 0) is 31.1 Å². The van der Waals surface area contributed by atoms with Crippen LogP contribution in [-0.2, 0) is 13.0 Å². The van der Waals surface area contributed by atoms with Crippen LogP contribution in [0, 0.1) is 5.41 Å². The SMILES string of the molecule is CN=C(NCC1(CCO)CCCC1)NC1CCc2ncnn2C1.I. The molecule has 0 spiro atoms. The van der Waals surface area contributed by atoms with Crippen molar-refractivity contribution in [1.82, 2.24) is 25.4 Å². The van der Waals surface area contributed by atoms with E-state index in [9.17, 15) is 5.11 Å². The van der Waals surface area contributed by atoms with Gasteiger partial charge in [-0.15, -0.1) is 24.0 Å². The molecule has 0 saturated heterocycles. The molecule has 0 bridgehead atoms. The van der Waals surface area contributed by atoms with E-state index in [1.807, 2.05) is 11.7 Å². The molecule has 24 heavy (non-hydrogen) atoms. The third kappa shape index (κ3) is 4.59. The standard InChI is InChI=1S/C16H28N6O.HI/c1-17-15(18-11-16(8-9-23)6-2-3-7-16)21-13-4-5-14-19-12-20-22(14)10-13;/h12-13,23H,2-11H2,1H3,(H2,17,18,21);1H.